The Morgan fingerprint density at radius 3 is 2.78 bits per heavy atom. The Balaban J connectivity index is 1.58. The van der Waals surface area contributed by atoms with Gasteiger partial charge in [-0.3, -0.25) is 9.59 Å². The molecule has 0 aliphatic rings. The SMILES string of the molecule is CCCSCc1cc(=O)[nH]c(SCC(=O)Nc2ccc3ccccc3c2)n1. The Morgan fingerprint density at radius 2 is 1.96 bits per heavy atom. The van der Waals surface area contributed by atoms with E-state index in [0.717, 1.165) is 34.3 Å². The number of fused-ring (bicyclic) bond motifs is 1. The van der Waals surface area contributed by atoms with E-state index in [1.54, 1.807) is 11.8 Å². The van der Waals surface area contributed by atoms with Crippen LogP contribution in [-0.2, 0) is 10.5 Å². The number of hydrogen-bond acceptors (Lipinski definition) is 5. The van der Waals surface area contributed by atoms with Gasteiger partial charge in [0.25, 0.3) is 5.56 Å². The van der Waals surface area contributed by atoms with Crippen molar-refractivity contribution in [3.63, 3.8) is 0 Å². The van der Waals surface area contributed by atoms with Crippen LogP contribution in [0.3, 0.4) is 0 Å². The molecule has 0 aliphatic carbocycles. The molecular formula is C20H21N3O2S2. The first kappa shape index (κ1) is 19.5. The first-order chi connectivity index (χ1) is 13.1. The molecule has 7 heteroatoms. The third kappa shape index (κ3) is 5.87. The number of nitrogens with zero attached hydrogens (tertiary/aromatic N) is 1. The summed E-state index contributed by atoms with van der Waals surface area (Å²) in [5.74, 6) is 1.78. The molecule has 0 saturated carbocycles. The zero-order valence-corrected chi connectivity index (χ0v) is 16.7. The van der Waals surface area contributed by atoms with E-state index in [1.165, 1.54) is 17.8 Å². The highest BCUT2D eigenvalue weighted by Gasteiger charge is 2.08. The van der Waals surface area contributed by atoms with Crippen LogP contribution in [0.1, 0.15) is 19.0 Å². The van der Waals surface area contributed by atoms with Crippen molar-refractivity contribution in [2.75, 3.05) is 16.8 Å². The Kier molecular flexibility index (Phi) is 6.95. The maximum Gasteiger partial charge on any atom is 0.251 e. The van der Waals surface area contributed by atoms with Crippen molar-refractivity contribution in [1.29, 1.82) is 0 Å². The van der Waals surface area contributed by atoms with Crippen LogP contribution in [-0.4, -0.2) is 27.4 Å². The number of rotatable bonds is 8. The zero-order valence-electron chi connectivity index (χ0n) is 15.0. The van der Waals surface area contributed by atoms with E-state index in [4.69, 9.17) is 0 Å². The van der Waals surface area contributed by atoms with E-state index in [-0.39, 0.29) is 17.2 Å². The van der Waals surface area contributed by atoms with Crippen LogP contribution >= 0.6 is 23.5 Å². The number of anilines is 1. The number of aromatic nitrogens is 2. The van der Waals surface area contributed by atoms with Crippen molar-refractivity contribution in [3.05, 3.63) is 64.6 Å². The van der Waals surface area contributed by atoms with Crippen LogP contribution in [0.2, 0.25) is 0 Å². The molecule has 3 rings (SSSR count). The first-order valence-electron chi connectivity index (χ1n) is 8.73. The van der Waals surface area contributed by atoms with Crippen molar-refractivity contribution in [2.45, 2.75) is 24.3 Å². The second kappa shape index (κ2) is 9.62. The van der Waals surface area contributed by atoms with Crippen LogP contribution in [0, 0.1) is 0 Å². The number of amides is 1. The molecule has 0 spiro atoms. The summed E-state index contributed by atoms with van der Waals surface area (Å²) >= 11 is 2.98. The monoisotopic (exact) mass is 399 g/mol. The molecular weight excluding hydrogens is 378 g/mol. The summed E-state index contributed by atoms with van der Waals surface area (Å²) in [5.41, 5.74) is 1.31. The standard InChI is InChI=1S/C20H21N3O2S2/c1-2-9-26-12-17-11-18(24)23-20(22-17)27-13-19(25)21-16-8-7-14-5-3-4-6-15(14)10-16/h3-8,10-11H,2,9,12-13H2,1H3,(H,21,25)(H,22,23,24). The molecule has 2 N–H and O–H groups in total. The molecule has 1 heterocycles. The van der Waals surface area contributed by atoms with E-state index in [9.17, 15) is 9.59 Å². The lowest BCUT2D eigenvalue weighted by Crippen LogP contribution is -2.15. The number of aromatic amines is 1. The Bertz CT molecular complexity index is 988. The molecule has 5 nitrogen and oxygen atoms in total. The largest absolute Gasteiger partial charge is 0.325 e. The number of H-pyrrole nitrogens is 1. The molecule has 3 aromatic rings. The fourth-order valence-corrected chi connectivity index (χ4v) is 4.03. The molecule has 0 aliphatic heterocycles. The van der Waals surface area contributed by atoms with Gasteiger partial charge in [-0.25, -0.2) is 4.98 Å². The second-order valence-corrected chi connectivity index (χ2v) is 8.06. The summed E-state index contributed by atoms with van der Waals surface area (Å²) < 4.78 is 0. The van der Waals surface area contributed by atoms with Crippen molar-refractivity contribution < 1.29 is 4.79 Å². The van der Waals surface area contributed by atoms with Gasteiger partial charge in [-0.15, -0.1) is 0 Å². The number of nitrogens with one attached hydrogen (secondary N) is 2. The van der Waals surface area contributed by atoms with Gasteiger partial charge < -0.3 is 10.3 Å². The van der Waals surface area contributed by atoms with Crippen LogP contribution in [0.25, 0.3) is 10.8 Å². The van der Waals surface area contributed by atoms with Crippen molar-refractivity contribution in [2.24, 2.45) is 0 Å². The molecule has 0 bridgehead atoms. The lowest BCUT2D eigenvalue weighted by atomic mass is 10.1. The summed E-state index contributed by atoms with van der Waals surface area (Å²) in [7, 11) is 0. The highest BCUT2D eigenvalue weighted by molar-refractivity contribution is 7.99. The summed E-state index contributed by atoms with van der Waals surface area (Å²) in [5, 5.41) is 5.57. The van der Waals surface area contributed by atoms with Crippen molar-refractivity contribution in [1.82, 2.24) is 9.97 Å². The van der Waals surface area contributed by atoms with Gasteiger partial charge in [0.2, 0.25) is 5.91 Å². The van der Waals surface area contributed by atoms with Crippen LogP contribution in [0.4, 0.5) is 5.69 Å². The van der Waals surface area contributed by atoms with E-state index < -0.39 is 0 Å². The van der Waals surface area contributed by atoms with Gasteiger partial charge in [-0.2, -0.15) is 11.8 Å². The third-order valence-corrected chi connectivity index (χ3v) is 5.81. The first-order valence-corrected chi connectivity index (χ1v) is 10.9. The molecule has 27 heavy (non-hydrogen) atoms. The average molecular weight is 400 g/mol. The smallest absolute Gasteiger partial charge is 0.251 e. The Hall–Kier alpha value is -2.25. The lowest BCUT2D eigenvalue weighted by Gasteiger charge is -2.07. The molecule has 0 unspecified atom stereocenters. The highest BCUT2D eigenvalue weighted by atomic mass is 32.2. The molecule has 0 saturated heterocycles. The Morgan fingerprint density at radius 1 is 1.15 bits per heavy atom. The number of carbonyl (C=O) groups excluding carboxylic acids is 1. The summed E-state index contributed by atoms with van der Waals surface area (Å²) in [6, 6.07) is 15.3. The average Bonchev–Trinajstić information content (AvgIpc) is 2.66. The summed E-state index contributed by atoms with van der Waals surface area (Å²) in [6.07, 6.45) is 1.09. The quantitative estimate of drug-likeness (QED) is 0.336. The van der Waals surface area contributed by atoms with Crippen molar-refractivity contribution >= 4 is 45.9 Å². The van der Waals surface area contributed by atoms with Gasteiger partial charge in [-0.1, -0.05) is 49.0 Å². The molecule has 0 radical (unpaired) electrons. The predicted octanol–water partition coefficient (Wildman–Crippen LogP) is 4.30. The highest BCUT2D eigenvalue weighted by Crippen LogP contribution is 2.20. The predicted molar refractivity (Wildman–Crippen MR) is 115 cm³/mol. The molecule has 0 fully saturated rings. The Labute approximate surface area is 166 Å². The van der Waals surface area contributed by atoms with E-state index in [2.05, 4.69) is 22.2 Å². The fraction of sp³-hybridized carbons (Fsp3) is 0.250. The normalized spacial score (nSPS) is 10.9. The molecule has 0 atom stereocenters. The molecule has 1 aromatic heterocycles. The number of thioether (sulfide) groups is 2. The van der Waals surface area contributed by atoms with Gasteiger partial charge in [0.15, 0.2) is 5.16 Å². The molecule has 2 aromatic carbocycles. The fourth-order valence-electron chi connectivity index (χ4n) is 2.54. The van der Waals surface area contributed by atoms with Crippen LogP contribution in [0.15, 0.2) is 58.5 Å². The minimum absolute atomic E-state index is 0.135. The van der Waals surface area contributed by atoms with Gasteiger partial charge in [0.1, 0.15) is 0 Å². The van der Waals surface area contributed by atoms with Crippen LogP contribution < -0.4 is 10.9 Å². The number of benzene rings is 2. The van der Waals surface area contributed by atoms with Gasteiger partial charge in [0, 0.05) is 17.5 Å². The topological polar surface area (TPSA) is 74.8 Å². The zero-order chi connectivity index (χ0) is 19.1. The molecule has 140 valence electrons. The van der Waals surface area contributed by atoms with Crippen molar-refractivity contribution in [3.8, 4) is 0 Å². The maximum absolute atomic E-state index is 12.2. The number of hydrogen-bond donors (Lipinski definition) is 2. The van der Waals surface area contributed by atoms with Gasteiger partial charge in [-0.05, 0) is 35.1 Å². The number of carbonyl (C=O) groups is 1. The summed E-state index contributed by atoms with van der Waals surface area (Å²) in [6.45, 7) is 2.12. The van der Waals surface area contributed by atoms with E-state index in [1.807, 2.05) is 42.5 Å². The minimum atomic E-state index is -0.186. The second-order valence-electron chi connectivity index (χ2n) is 5.99. The van der Waals surface area contributed by atoms with E-state index in [0.29, 0.717) is 10.9 Å². The maximum atomic E-state index is 12.2. The van der Waals surface area contributed by atoms with Crippen LogP contribution in [0.5, 0.6) is 0 Å². The van der Waals surface area contributed by atoms with Gasteiger partial charge >= 0.3 is 0 Å². The summed E-state index contributed by atoms with van der Waals surface area (Å²) in [4.78, 5) is 31.2. The third-order valence-electron chi connectivity index (χ3n) is 3.74. The minimum Gasteiger partial charge on any atom is -0.325 e. The molecule has 1 amide bonds. The van der Waals surface area contributed by atoms with E-state index >= 15 is 0 Å². The van der Waals surface area contributed by atoms with Gasteiger partial charge in [0.05, 0.1) is 11.4 Å². The lowest BCUT2D eigenvalue weighted by molar-refractivity contribution is -0.113.